The van der Waals surface area contributed by atoms with E-state index in [0.29, 0.717) is 6.42 Å². The highest BCUT2D eigenvalue weighted by molar-refractivity contribution is 7.46. The Balaban J connectivity index is 5.19. The smallest absolute Gasteiger partial charge is 0.378 e. The number of phosphoric ester groups is 2. The van der Waals surface area contributed by atoms with E-state index in [1.807, 2.05) is 13.8 Å². The van der Waals surface area contributed by atoms with E-state index >= 15 is 0 Å². The molecule has 9 nitrogen and oxygen atoms in total. The SMILES string of the molecule is CC(C)CC(COC(C)C)(COP(=O)(O)O)COP(=O)(O)O. The van der Waals surface area contributed by atoms with Crippen molar-refractivity contribution in [3.05, 3.63) is 0 Å². The molecule has 0 aliphatic heterocycles. The lowest BCUT2D eigenvalue weighted by atomic mass is 9.82. The molecule has 11 heteroatoms. The van der Waals surface area contributed by atoms with Crippen LogP contribution in [0.5, 0.6) is 0 Å². The van der Waals surface area contributed by atoms with Crippen LogP contribution >= 0.6 is 15.6 Å². The fourth-order valence-corrected chi connectivity index (χ4v) is 2.84. The van der Waals surface area contributed by atoms with Gasteiger partial charge in [-0.25, -0.2) is 9.13 Å². The molecule has 134 valence electrons. The summed E-state index contributed by atoms with van der Waals surface area (Å²) in [6.45, 7) is 6.37. The molecule has 0 saturated heterocycles. The van der Waals surface area contributed by atoms with Crippen LogP contribution in [0.3, 0.4) is 0 Å². The highest BCUT2D eigenvalue weighted by atomic mass is 31.2. The molecular formula is C11H26O9P2. The molecule has 0 aliphatic carbocycles. The van der Waals surface area contributed by atoms with E-state index in [1.54, 1.807) is 13.8 Å². The van der Waals surface area contributed by atoms with E-state index in [9.17, 15) is 9.13 Å². The second-order valence-electron chi connectivity index (χ2n) is 5.99. The average Bonchev–Trinajstić information content (AvgIpc) is 2.28. The molecule has 0 rings (SSSR count). The molecule has 0 aromatic carbocycles. The van der Waals surface area contributed by atoms with Gasteiger partial charge in [-0.05, 0) is 26.2 Å². The molecule has 0 atom stereocenters. The van der Waals surface area contributed by atoms with Crippen molar-refractivity contribution in [3.8, 4) is 0 Å². The van der Waals surface area contributed by atoms with Gasteiger partial charge in [-0.1, -0.05) is 13.8 Å². The number of phosphoric acid groups is 2. The second-order valence-corrected chi connectivity index (χ2v) is 8.46. The van der Waals surface area contributed by atoms with Crippen molar-refractivity contribution in [2.45, 2.75) is 40.2 Å². The van der Waals surface area contributed by atoms with E-state index in [4.69, 9.17) is 24.3 Å². The van der Waals surface area contributed by atoms with E-state index in [-0.39, 0.29) is 18.6 Å². The maximum absolute atomic E-state index is 10.9. The Bertz CT molecular complexity index is 386. The molecular weight excluding hydrogens is 338 g/mol. The van der Waals surface area contributed by atoms with Crippen molar-refractivity contribution < 1.29 is 42.5 Å². The summed E-state index contributed by atoms with van der Waals surface area (Å²) in [5.74, 6) is 0.0662. The van der Waals surface area contributed by atoms with Crippen LogP contribution in [-0.4, -0.2) is 45.5 Å². The molecule has 0 unspecified atom stereocenters. The summed E-state index contributed by atoms with van der Waals surface area (Å²) in [6.07, 6.45) is 0.177. The maximum Gasteiger partial charge on any atom is 0.469 e. The Hall–Kier alpha value is 0.180. The van der Waals surface area contributed by atoms with Crippen LogP contribution in [0.4, 0.5) is 0 Å². The minimum atomic E-state index is -4.72. The highest BCUT2D eigenvalue weighted by Gasteiger charge is 2.37. The fourth-order valence-electron chi connectivity index (χ4n) is 1.95. The van der Waals surface area contributed by atoms with Gasteiger partial charge in [0.2, 0.25) is 0 Å². The molecule has 0 heterocycles. The molecule has 0 saturated carbocycles. The van der Waals surface area contributed by atoms with Gasteiger partial charge in [0.05, 0.1) is 25.9 Å². The fraction of sp³-hybridized carbons (Fsp3) is 1.00. The van der Waals surface area contributed by atoms with Gasteiger partial charge in [-0.15, -0.1) is 0 Å². The standard InChI is InChI=1S/C11H26O9P2/c1-9(2)5-11(6-18-10(3)4,7-19-21(12,13)14)8-20-22(15,16)17/h9-10H,5-8H2,1-4H3,(H2,12,13,14)(H2,15,16,17). The lowest BCUT2D eigenvalue weighted by molar-refractivity contribution is -0.0546. The molecule has 0 bridgehead atoms. The van der Waals surface area contributed by atoms with Crippen LogP contribution < -0.4 is 0 Å². The normalized spacial score (nSPS) is 14.1. The molecule has 0 spiro atoms. The number of ether oxygens (including phenoxy) is 1. The van der Waals surface area contributed by atoms with Gasteiger partial charge < -0.3 is 24.3 Å². The van der Waals surface area contributed by atoms with Gasteiger partial charge in [-0.2, -0.15) is 0 Å². The summed E-state index contributed by atoms with van der Waals surface area (Å²) in [5.41, 5.74) is -1.08. The van der Waals surface area contributed by atoms with Gasteiger partial charge in [0.15, 0.2) is 0 Å². The maximum atomic E-state index is 10.9. The lowest BCUT2D eigenvalue weighted by Gasteiger charge is -2.35. The second kappa shape index (κ2) is 8.87. The van der Waals surface area contributed by atoms with Crippen molar-refractivity contribution in [1.29, 1.82) is 0 Å². The third-order valence-electron chi connectivity index (χ3n) is 2.64. The monoisotopic (exact) mass is 364 g/mol. The van der Waals surface area contributed by atoms with Gasteiger partial charge >= 0.3 is 15.6 Å². The van der Waals surface area contributed by atoms with Crippen molar-refractivity contribution in [3.63, 3.8) is 0 Å². The van der Waals surface area contributed by atoms with Crippen LogP contribution in [0.25, 0.3) is 0 Å². The van der Waals surface area contributed by atoms with Gasteiger partial charge in [0.1, 0.15) is 0 Å². The molecule has 0 aromatic heterocycles. The van der Waals surface area contributed by atoms with Crippen molar-refractivity contribution >= 4 is 15.6 Å². The van der Waals surface area contributed by atoms with Crippen molar-refractivity contribution in [2.75, 3.05) is 19.8 Å². The Kier molecular flexibility index (Phi) is 8.94. The number of rotatable bonds is 11. The van der Waals surface area contributed by atoms with Gasteiger partial charge in [0.25, 0.3) is 0 Å². The van der Waals surface area contributed by atoms with Crippen LogP contribution in [-0.2, 0) is 22.9 Å². The predicted octanol–water partition coefficient (Wildman–Crippen LogP) is 1.66. The zero-order valence-electron chi connectivity index (χ0n) is 13.2. The predicted molar refractivity (Wildman–Crippen MR) is 79.0 cm³/mol. The van der Waals surface area contributed by atoms with E-state index < -0.39 is 34.3 Å². The van der Waals surface area contributed by atoms with E-state index in [2.05, 4.69) is 9.05 Å². The summed E-state index contributed by atoms with van der Waals surface area (Å²) >= 11 is 0. The lowest BCUT2D eigenvalue weighted by Crippen LogP contribution is -2.39. The minimum absolute atomic E-state index is 0.0111. The molecule has 0 fully saturated rings. The molecule has 0 radical (unpaired) electrons. The molecule has 22 heavy (non-hydrogen) atoms. The van der Waals surface area contributed by atoms with Crippen molar-refractivity contribution in [2.24, 2.45) is 11.3 Å². The molecule has 0 aliphatic rings. The Morgan fingerprint density at radius 2 is 1.27 bits per heavy atom. The number of hydrogen-bond acceptors (Lipinski definition) is 5. The summed E-state index contributed by atoms with van der Waals surface area (Å²) in [5, 5.41) is 0. The molecule has 0 aromatic rings. The van der Waals surface area contributed by atoms with Gasteiger partial charge in [0, 0.05) is 5.41 Å². The quantitative estimate of drug-likeness (QED) is 0.402. The summed E-state index contributed by atoms with van der Waals surface area (Å²) in [4.78, 5) is 35.5. The molecule has 0 amide bonds. The van der Waals surface area contributed by atoms with Crippen molar-refractivity contribution in [1.82, 2.24) is 0 Å². The van der Waals surface area contributed by atoms with Crippen LogP contribution in [0, 0.1) is 11.3 Å². The summed E-state index contributed by atoms with van der Waals surface area (Å²) in [6, 6.07) is 0. The first-order chi connectivity index (χ1) is 9.75. The van der Waals surface area contributed by atoms with E-state index in [0.717, 1.165) is 0 Å². The zero-order chi connectivity index (χ0) is 17.6. The average molecular weight is 364 g/mol. The topological polar surface area (TPSA) is 143 Å². The summed E-state index contributed by atoms with van der Waals surface area (Å²) < 4.78 is 36.4. The largest absolute Gasteiger partial charge is 0.469 e. The first-order valence-corrected chi connectivity index (χ1v) is 9.82. The Labute approximate surface area is 130 Å². The number of hydrogen-bond donors (Lipinski definition) is 4. The Morgan fingerprint density at radius 1 is 0.864 bits per heavy atom. The molecule has 4 N–H and O–H groups in total. The first-order valence-electron chi connectivity index (χ1n) is 6.76. The van der Waals surface area contributed by atoms with Gasteiger partial charge in [-0.3, -0.25) is 9.05 Å². The van der Waals surface area contributed by atoms with Crippen LogP contribution in [0.1, 0.15) is 34.1 Å². The van der Waals surface area contributed by atoms with E-state index in [1.165, 1.54) is 0 Å². The third-order valence-corrected chi connectivity index (χ3v) is 3.57. The van der Waals surface area contributed by atoms with Crippen LogP contribution in [0.15, 0.2) is 0 Å². The Morgan fingerprint density at radius 3 is 1.55 bits per heavy atom. The highest BCUT2D eigenvalue weighted by Crippen LogP contribution is 2.43. The zero-order valence-corrected chi connectivity index (χ0v) is 15.0. The first kappa shape index (κ1) is 22.2. The minimum Gasteiger partial charge on any atom is -0.378 e. The van der Waals surface area contributed by atoms with Crippen LogP contribution in [0.2, 0.25) is 0 Å². The summed E-state index contributed by atoms with van der Waals surface area (Å²) in [7, 11) is -9.44. The third kappa shape index (κ3) is 11.7.